The van der Waals surface area contributed by atoms with Gasteiger partial charge < -0.3 is 19.3 Å². The van der Waals surface area contributed by atoms with E-state index in [1.54, 1.807) is 7.11 Å². The molecule has 2 saturated heterocycles. The number of piperidine rings is 2. The number of carbonyl (C=O) groups is 2. The fraction of sp³-hybridized carbons (Fsp3) is 0.636. The number of rotatable bonds is 6. The van der Waals surface area contributed by atoms with Gasteiger partial charge in [-0.2, -0.15) is 0 Å². The summed E-state index contributed by atoms with van der Waals surface area (Å²) in [6.45, 7) is 6.16. The highest BCUT2D eigenvalue weighted by atomic mass is 16.5. The quantitative estimate of drug-likeness (QED) is 0.752. The molecular weight excluding hydrogens is 356 g/mol. The highest BCUT2D eigenvalue weighted by Crippen LogP contribution is 2.21. The van der Waals surface area contributed by atoms with E-state index in [-0.39, 0.29) is 18.4 Å². The summed E-state index contributed by atoms with van der Waals surface area (Å²) >= 11 is 0. The Kier molecular flexibility index (Phi) is 7.31. The second-order valence-electron chi connectivity index (χ2n) is 8.09. The second kappa shape index (κ2) is 9.92. The van der Waals surface area contributed by atoms with E-state index in [1.165, 1.54) is 0 Å². The molecule has 0 saturated carbocycles. The number of methoxy groups -OCH3 is 1. The molecule has 1 aromatic carbocycles. The van der Waals surface area contributed by atoms with Gasteiger partial charge in [-0.05, 0) is 55.9 Å². The number of carbonyl (C=O) groups excluding carboxylic acids is 2. The lowest BCUT2D eigenvalue weighted by Crippen LogP contribution is -2.43. The van der Waals surface area contributed by atoms with Gasteiger partial charge in [-0.3, -0.25) is 9.59 Å². The van der Waals surface area contributed by atoms with Crippen LogP contribution in [0.2, 0.25) is 0 Å². The van der Waals surface area contributed by atoms with Crippen molar-refractivity contribution in [2.24, 2.45) is 11.8 Å². The molecule has 0 spiro atoms. The van der Waals surface area contributed by atoms with Crippen LogP contribution in [0, 0.1) is 11.8 Å². The van der Waals surface area contributed by atoms with Crippen molar-refractivity contribution in [3.63, 3.8) is 0 Å². The molecule has 0 radical (unpaired) electrons. The number of nitrogens with zero attached hydrogens (tertiary/aromatic N) is 2. The van der Waals surface area contributed by atoms with Gasteiger partial charge in [0.1, 0.15) is 12.4 Å². The summed E-state index contributed by atoms with van der Waals surface area (Å²) in [5, 5.41) is 0. The molecule has 2 aliphatic heterocycles. The van der Waals surface area contributed by atoms with Crippen LogP contribution in [0.25, 0.3) is 0 Å². The minimum Gasteiger partial charge on any atom is -0.493 e. The topological polar surface area (TPSA) is 59.1 Å². The van der Waals surface area contributed by atoms with E-state index >= 15 is 0 Å². The van der Waals surface area contributed by atoms with Crippen molar-refractivity contribution in [2.75, 3.05) is 46.5 Å². The van der Waals surface area contributed by atoms with Crippen LogP contribution in [0.4, 0.5) is 0 Å². The molecule has 0 bridgehead atoms. The molecule has 1 unspecified atom stereocenters. The van der Waals surface area contributed by atoms with Gasteiger partial charge >= 0.3 is 0 Å². The first-order valence-corrected chi connectivity index (χ1v) is 10.4. The molecule has 154 valence electrons. The van der Waals surface area contributed by atoms with Gasteiger partial charge in [0.15, 0.2) is 0 Å². The van der Waals surface area contributed by atoms with E-state index in [0.717, 1.165) is 56.6 Å². The third-order valence-electron chi connectivity index (χ3n) is 5.80. The zero-order chi connectivity index (χ0) is 19.9. The van der Waals surface area contributed by atoms with Crippen molar-refractivity contribution in [2.45, 2.75) is 32.6 Å². The SMILES string of the molecule is COCC(=O)N1CCCC(COc2ccc(C(=O)N3CCC(C)CC3)cc2)C1. The van der Waals surface area contributed by atoms with E-state index in [2.05, 4.69) is 6.92 Å². The molecule has 2 heterocycles. The summed E-state index contributed by atoms with van der Waals surface area (Å²) in [5.41, 5.74) is 0.718. The average Bonchev–Trinajstić information content (AvgIpc) is 2.73. The number of hydrogen-bond acceptors (Lipinski definition) is 4. The van der Waals surface area contributed by atoms with Gasteiger partial charge in [0.05, 0.1) is 6.61 Å². The Morgan fingerprint density at radius 1 is 1.04 bits per heavy atom. The molecule has 2 amide bonds. The van der Waals surface area contributed by atoms with Gasteiger partial charge in [-0.25, -0.2) is 0 Å². The van der Waals surface area contributed by atoms with E-state index in [9.17, 15) is 9.59 Å². The fourth-order valence-electron chi connectivity index (χ4n) is 3.94. The smallest absolute Gasteiger partial charge is 0.253 e. The predicted octanol–water partition coefficient (Wildman–Crippen LogP) is 2.82. The lowest BCUT2D eigenvalue weighted by molar-refractivity contribution is -0.137. The van der Waals surface area contributed by atoms with Crippen LogP contribution >= 0.6 is 0 Å². The highest BCUT2D eigenvalue weighted by Gasteiger charge is 2.24. The van der Waals surface area contributed by atoms with Crippen LogP contribution in [-0.2, 0) is 9.53 Å². The summed E-state index contributed by atoms with van der Waals surface area (Å²) in [5.74, 6) is 1.95. The molecule has 2 fully saturated rings. The normalized spacial score (nSPS) is 20.9. The van der Waals surface area contributed by atoms with Crippen LogP contribution in [0.1, 0.15) is 43.0 Å². The molecular formula is C22H32N2O4. The van der Waals surface area contributed by atoms with Crippen molar-refractivity contribution in [1.82, 2.24) is 9.80 Å². The van der Waals surface area contributed by atoms with Crippen LogP contribution in [0.15, 0.2) is 24.3 Å². The summed E-state index contributed by atoms with van der Waals surface area (Å²) in [6, 6.07) is 7.45. The molecule has 0 aliphatic carbocycles. The van der Waals surface area contributed by atoms with Crippen molar-refractivity contribution in [3.8, 4) is 5.75 Å². The maximum absolute atomic E-state index is 12.6. The van der Waals surface area contributed by atoms with Gasteiger partial charge in [-0.1, -0.05) is 6.92 Å². The van der Waals surface area contributed by atoms with Crippen LogP contribution in [0.5, 0.6) is 5.75 Å². The molecule has 1 aromatic rings. The summed E-state index contributed by atoms with van der Waals surface area (Å²) in [4.78, 5) is 28.4. The Hall–Kier alpha value is -2.08. The van der Waals surface area contributed by atoms with Crippen LogP contribution in [0.3, 0.4) is 0 Å². The largest absolute Gasteiger partial charge is 0.493 e. The molecule has 28 heavy (non-hydrogen) atoms. The molecule has 1 atom stereocenters. The third kappa shape index (κ3) is 5.47. The first kappa shape index (κ1) is 20.6. The standard InChI is InChI=1S/C22H32N2O4/c1-17-9-12-23(13-10-17)22(26)19-5-7-20(8-6-19)28-15-18-4-3-11-24(14-18)21(25)16-27-2/h5-8,17-18H,3-4,9-16H2,1-2H3. The lowest BCUT2D eigenvalue weighted by Gasteiger charge is -2.32. The number of likely N-dealkylation sites (tertiary alicyclic amines) is 2. The summed E-state index contributed by atoms with van der Waals surface area (Å²) in [6.07, 6.45) is 4.21. The average molecular weight is 389 g/mol. The maximum Gasteiger partial charge on any atom is 0.253 e. The van der Waals surface area contributed by atoms with Crippen molar-refractivity contribution in [1.29, 1.82) is 0 Å². The minimum atomic E-state index is 0.0437. The maximum atomic E-state index is 12.6. The van der Waals surface area contributed by atoms with Gasteiger partial charge in [0.2, 0.25) is 5.91 Å². The molecule has 0 aromatic heterocycles. The molecule has 6 nitrogen and oxygen atoms in total. The number of benzene rings is 1. The second-order valence-corrected chi connectivity index (χ2v) is 8.09. The molecule has 3 rings (SSSR count). The number of ether oxygens (including phenoxy) is 2. The fourth-order valence-corrected chi connectivity index (χ4v) is 3.94. The molecule has 0 N–H and O–H groups in total. The zero-order valence-corrected chi connectivity index (χ0v) is 17.1. The minimum absolute atomic E-state index is 0.0437. The Labute approximate surface area is 167 Å². The van der Waals surface area contributed by atoms with Crippen LogP contribution in [-0.4, -0.2) is 68.1 Å². The van der Waals surface area contributed by atoms with Crippen molar-refractivity contribution in [3.05, 3.63) is 29.8 Å². The monoisotopic (exact) mass is 388 g/mol. The Balaban J connectivity index is 1.48. The highest BCUT2D eigenvalue weighted by molar-refractivity contribution is 5.94. The van der Waals surface area contributed by atoms with Gasteiger partial charge in [0.25, 0.3) is 5.91 Å². The third-order valence-corrected chi connectivity index (χ3v) is 5.80. The number of hydrogen-bond donors (Lipinski definition) is 0. The Bertz CT molecular complexity index is 653. The zero-order valence-electron chi connectivity index (χ0n) is 17.1. The van der Waals surface area contributed by atoms with Gasteiger partial charge in [-0.15, -0.1) is 0 Å². The Morgan fingerprint density at radius 3 is 2.43 bits per heavy atom. The van der Waals surface area contributed by atoms with E-state index in [4.69, 9.17) is 9.47 Å². The van der Waals surface area contributed by atoms with E-state index < -0.39 is 0 Å². The first-order valence-electron chi connectivity index (χ1n) is 10.4. The summed E-state index contributed by atoms with van der Waals surface area (Å²) < 4.78 is 10.9. The summed E-state index contributed by atoms with van der Waals surface area (Å²) in [7, 11) is 1.54. The van der Waals surface area contributed by atoms with E-state index in [0.29, 0.717) is 25.0 Å². The molecule has 2 aliphatic rings. The first-order chi connectivity index (χ1) is 13.6. The van der Waals surface area contributed by atoms with Gasteiger partial charge in [0, 0.05) is 44.8 Å². The van der Waals surface area contributed by atoms with E-state index in [1.807, 2.05) is 34.1 Å². The lowest BCUT2D eigenvalue weighted by atomic mass is 9.98. The number of amides is 2. The Morgan fingerprint density at radius 2 is 1.75 bits per heavy atom. The predicted molar refractivity (Wildman–Crippen MR) is 107 cm³/mol. The molecule has 6 heteroatoms. The van der Waals surface area contributed by atoms with Crippen LogP contribution < -0.4 is 4.74 Å². The van der Waals surface area contributed by atoms with Crippen molar-refractivity contribution >= 4 is 11.8 Å². The van der Waals surface area contributed by atoms with Crippen molar-refractivity contribution < 1.29 is 19.1 Å².